The van der Waals surface area contributed by atoms with Crippen molar-refractivity contribution in [3.8, 4) is 17.6 Å². The maximum atomic E-state index is 12.3. The highest BCUT2D eigenvalue weighted by molar-refractivity contribution is 14.1. The third-order valence-corrected chi connectivity index (χ3v) is 5.52. The maximum Gasteiger partial charge on any atom is 0.269 e. The minimum Gasteiger partial charge on any atom is -0.493 e. The standard InChI is InChI=1S/C25H20IN3O5/c1-16-4-3-5-20(10-16)28-24(30)15-34-25-22(26)12-17(13-23(25)33-2)11-19(14-27)18-6-8-21(9-7-18)29(31)32/h3-13H,15H2,1-2H3,(H,28,30)/b19-11+. The van der Waals surface area contributed by atoms with Gasteiger partial charge < -0.3 is 14.8 Å². The number of carbonyl (C=O) groups excluding carboxylic acids is 1. The van der Waals surface area contributed by atoms with E-state index in [9.17, 15) is 20.2 Å². The molecule has 8 nitrogen and oxygen atoms in total. The van der Waals surface area contributed by atoms with Crippen LogP contribution >= 0.6 is 22.6 Å². The minimum absolute atomic E-state index is 0.0507. The molecule has 3 aromatic carbocycles. The molecule has 0 saturated carbocycles. The van der Waals surface area contributed by atoms with E-state index in [1.807, 2.05) is 25.1 Å². The van der Waals surface area contributed by atoms with Crippen LogP contribution in [0.25, 0.3) is 11.6 Å². The Kier molecular flexibility index (Phi) is 8.21. The minimum atomic E-state index is -0.493. The molecule has 172 valence electrons. The van der Waals surface area contributed by atoms with Crippen molar-refractivity contribution >= 4 is 51.5 Å². The monoisotopic (exact) mass is 569 g/mol. The van der Waals surface area contributed by atoms with E-state index >= 15 is 0 Å². The van der Waals surface area contributed by atoms with Crippen molar-refractivity contribution in [1.29, 1.82) is 5.26 Å². The molecule has 0 aliphatic heterocycles. The number of halogens is 1. The lowest BCUT2D eigenvalue weighted by Gasteiger charge is -2.14. The zero-order chi connectivity index (χ0) is 24.7. The first-order valence-corrected chi connectivity index (χ1v) is 11.1. The van der Waals surface area contributed by atoms with Gasteiger partial charge in [0.2, 0.25) is 0 Å². The lowest BCUT2D eigenvalue weighted by Crippen LogP contribution is -2.20. The molecule has 1 amide bonds. The van der Waals surface area contributed by atoms with E-state index in [4.69, 9.17) is 9.47 Å². The predicted molar refractivity (Wildman–Crippen MR) is 138 cm³/mol. The van der Waals surface area contributed by atoms with Gasteiger partial charge in [0.1, 0.15) is 0 Å². The Morgan fingerprint density at radius 2 is 1.94 bits per heavy atom. The molecule has 0 spiro atoms. The molecular weight excluding hydrogens is 549 g/mol. The number of benzene rings is 3. The van der Waals surface area contributed by atoms with Crippen LogP contribution in [0.5, 0.6) is 11.5 Å². The van der Waals surface area contributed by atoms with E-state index in [2.05, 4.69) is 34.0 Å². The van der Waals surface area contributed by atoms with E-state index < -0.39 is 4.92 Å². The average Bonchev–Trinajstić information content (AvgIpc) is 2.81. The van der Waals surface area contributed by atoms with E-state index in [-0.39, 0.29) is 18.2 Å². The number of hydrogen-bond acceptors (Lipinski definition) is 6. The molecular formula is C25H20IN3O5. The normalized spacial score (nSPS) is 10.8. The lowest BCUT2D eigenvalue weighted by atomic mass is 10.0. The highest BCUT2D eigenvalue weighted by Gasteiger charge is 2.14. The topological polar surface area (TPSA) is 114 Å². The Hall–Kier alpha value is -3.91. The molecule has 34 heavy (non-hydrogen) atoms. The largest absolute Gasteiger partial charge is 0.493 e. The molecule has 0 saturated heterocycles. The number of aryl methyl sites for hydroxylation is 1. The van der Waals surface area contributed by atoms with Crippen LogP contribution in [0.15, 0.2) is 60.7 Å². The molecule has 0 fully saturated rings. The number of non-ortho nitro benzene ring substituents is 1. The highest BCUT2D eigenvalue weighted by Crippen LogP contribution is 2.35. The van der Waals surface area contributed by atoms with Gasteiger partial charge in [-0.05, 0) is 88.7 Å². The van der Waals surface area contributed by atoms with Crippen LogP contribution in [0.4, 0.5) is 11.4 Å². The van der Waals surface area contributed by atoms with Gasteiger partial charge >= 0.3 is 0 Å². The summed E-state index contributed by atoms with van der Waals surface area (Å²) in [5.41, 5.74) is 3.22. The number of ether oxygens (including phenoxy) is 2. The first-order valence-electron chi connectivity index (χ1n) is 10.0. The summed E-state index contributed by atoms with van der Waals surface area (Å²) in [7, 11) is 1.49. The molecule has 3 rings (SSSR count). The summed E-state index contributed by atoms with van der Waals surface area (Å²) in [5, 5.41) is 23.2. The van der Waals surface area contributed by atoms with Crippen molar-refractivity contribution in [1.82, 2.24) is 0 Å². The summed E-state index contributed by atoms with van der Waals surface area (Å²) >= 11 is 2.07. The van der Waals surface area contributed by atoms with Crippen molar-refractivity contribution in [3.63, 3.8) is 0 Å². The molecule has 9 heteroatoms. The van der Waals surface area contributed by atoms with Crippen LogP contribution in [0, 0.1) is 31.9 Å². The van der Waals surface area contributed by atoms with Gasteiger partial charge in [0.25, 0.3) is 11.6 Å². The molecule has 0 atom stereocenters. The second-order valence-corrected chi connectivity index (χ2v) is 8.38. The Bertz CT molecular complexity index is 1300. The number of amides is 1. The van der Waals surface area contributed by atoms with Crippen molar-refractivity contribution in [3.05, 3.63) is 91.0 Å². The molecule has 0 heterocycles. The molecule has 1 N–H and O–H groups in total. The number of nitro benzene ring substituents is 1. The number of nitriles is 1. The summed E-state index contributed by atoms with van der Waals surface area (Å²) in [6.45, 7) is 1.73. The summed E-state index contributed by atoms with van der Waals surface area (Å²) in [5.74, 6) is 0.508. The van der Waals surface area contributed by atoms with Gasteiger partial charge in [-0.25, -0.2) is 0 Å². The fraction of sp³-hybridized carbons (Fsp3) is 0.120. The quantitative estimate of drug-likeness (QED) is 0.124. The number of anilines is 1. The third-order valence-electron chi connectivity index (χ3n) is 4.72. The van der Waals surface area contributed by atoms with E-state index in [1.165, 1.54) is 31.4 Å². The zero-order valence-corrected chi connectivity index (χ0v) is 20.5. The molecule has 0 aromatic heterocycles. The average molecular weight is 569 g/mol. The zero-order valence-electron chi connectivity index (χ0n) is 18.4. The van der Waals surface area contributed by atoms with Crippen LogP contribution in [0.1, 0.15) is 16.7 Å². The van der Waals surface area contributed by atoms with Crippen LogP contribution in [-0.2, 0) is 4.79 Å². The van der Waals surface area contributed by atoms with Gasteiger partial charge in [-0.15, -0.1) is 0 Å². The number of nitro groups is 1. The number of carbonyl (C=O) groups is 1. The van der Waals surface area contributed by atoms with Crippen molar-refractivity contribution < 1.29 is 19.2 Å². The van der Waals surface area contributed by atoms with Crippen LogP contribution in [0.2, 0.25) is 0 Å². The number of nitrogens with zero attached hydrogens (tertiary/aromatic N) is 2. The fourth-order valence-electron chi connectivity index (χ4n) is 3.13. The summed E-state index contributed by atoms with van der Waals surface area (Å²) in [6, 6.07) is 18.8. The Morgan fingerprint density at radius 3 is 2.56 bits per heavy atom. The van der Waals surface area contributed by atoms with Gasteiger partial charge in [0.15, 0.2) is 18.1 Å². The van der Waals surface area contributed by atoms with Gasteiger partial charge in [-0.2, -0.15) is 5.26 Å². The number of allylic oxidation sites excluding steroid dienone is 1. The van der Waals surface area contributed by atoms with Crippen LogP contribution < -0.4 is 14.8 Å². The fourth-order valence-corrected chi connectivity index (χ4v) is 3.91. The maximum absolute atomic E-state index is 12.3. The van der Waals surface area contributed by atoms with Crippen molar-refractivity contribution in [2.75, 3.05) is 19.0 Å². The summed E-state index contributed by atoms with van der Waals surface area (Å²) in [4.78, 5) is 22.7. The smallest absolute Gasteiger partial charge is 0.269 e. The van der Waals surface area contributed by atoms with Gasteiger partial charge in [0, 0.05) is 17.8 Å². The first-order chi connectivity index (χ1) is 16.3. The third kappa shape index (κ3) is 6.32. The number of rotatable bonds is 8. The second-order valence-electron chi connectivity index (χ2n) is 7.21. The van der Waals surface area contributed by atoms with Crippen LogP contribution in [-0.4, -0.2) is 24.5 Å². The molecule has 0 aliphatic rings. The number of hydrogen-bond donors (Lipinski definition) is 1. The molecule has 3 aromatic rings. The lowest BCUT2D eigenvalue weighted by molar-refractivity contribution is -0.384. The Balaban J connectivity index is 1.78. The van der Waals surface area contributed by atoms with Gasteiger partial charge in [0.05, 0.1) is 27.2 Å². The van der Waals surface area contributed by atoms with E-state index in [0.29, 0.717) is 37.5 Å². The molecule has 0 radical (unpaired) electrons. The van der Waals surface area contributed by atoms with Crippen LogP contribution in [0.3, 0.4) is 0 Å². The Morgan fingerprint density at radius 1 is 1.21 bits per heavy atom. The van der Waals surface area contributed by atoms with Gasteiger partial charge in [-0.1, -0.05) is 12.1 Å². The molecule has 0 bridgehead atoms. The number of nitrogens with one attached hydrogen (secondary N) is 1. The van der Waals surface area contributed by atoms with E-state index in [0.717, 1.165) is 5.56 Å². The number of methoxy groups -OCH3 is 1. The van der Waals surface area contributed by atoms with Crippen molar-refractivity contribution in [2.45, 2.75) is 6.92 Å². The summed E-state index contributed by atoms with van der Waals surface area (Å²) < 4.78 is 11.9. The predicted octanol–water partition coefficient (Wildman–Crippen LogP) is 5.60. The SMILES string of the molecule is COc1cc(/C=C(\C#N)c2ccc([N+](=O)[O-])cc2)cc(I)c1OCC(=O)Nc1cccc(C)c1. The summed E-state index contributed by atoms with van der Waals surface area (Å²) in [6.07, 6.45) is 1.65. The molecule has 0 aliphatic carbocycles. The highest BCUT2D eigenvalue weighted by atomic mass is 127. The first kappa shape index (κ1) is 24.7. The van der Waals surface area contributed by atoms with Gasteiger partial charge in [-0.3, -0.25) is 14.9 Å². The second kappa shape index (κ2) is 11.3. The molecule has 0 unspecified atom stereocenters. The van der Waals surface area contributed by atoms with E-state index in [1.54, 1.807) is 24.3 Å². The van der Waals surface area contributed by atoms with Crippen molar-refractivity contribution in [2.24, 2.45) is 0 Å². The Labute approximate surface area is 210 Å².